The summed E-state index contributed by atoms with van der Waals surface area (Å²) in [4.78, 5) is 15.0. The molecule has 0 aromatic heterocycles. The predicted molar refractivity (Wildman–Crippen MR) is 76.2 cm³/mol. The van der Waals surface area contributed by atoms with Gasteiger partial charge < -0.3 is 20.1 Å². The van der Waals surface area contributed by atoms with Crippen LogP contribution in [0.25, 0.3) is 5.73 Å². The number of hydrogen-bond acceptors (Lipinski definition) is 4. The fraction of sp³-hybridized carbons (Fsp3) is 0.500. The van der Waals surface area contributed by atoms with Crippen molar-refractivity contribution in [2.45, 2.75) is 6.10 Å². The van der Waals surface area contributed by atoms with Crippen LogP contribution in [-0.2, 0) is 9.47 Å². The summed E-state index contributed by atoms with van der Waals surface area (Å²) in [5.74, 6) is -0.364. The van der Waals surface area contributed by atoms with Crippen molar-refractivity contribution in [2.75, 3.05) is 49.2 Å². The van der Waals surface area contributed by atoms with Crippen molar-refractivity contribution in [3.8, 4) is 0 Å². The number of morpholine rings is 1. The van der Waals surface area contributed by atoms with Gasteiger partial charge in [0.2, 0.25) is 0 Å². The number of rotatable bonds is 3. The van der Waals surface area contributed by atoms with E-state index < -0.39 is 12.2 Å². The monoisotopic (exact) mass is 521 g/mol. The van der Waals surface area contributed by atoms with Crippen LogP contribution in [0.15, 0.2) is 18.2 Å². The first-order chi connectivity index (χ1) is 10.2. The summed E-state index contributed by atoms with van der Waals surface area (Å²) in [5, 5.41) is 0. The SMILES string of the molecule is [Ac].[NH-]C[C@H]1CN(c2ccc(N3CCOCC3)c(F)c2)C(=O)O1. The molecular weight excluding hydrogens is 504 g/mol. The van der Waals surface area contributed by atoms with Gasteiger partial charge in [0.25, 0.3) is 0 Å². The van der Waals surface area contributed by atoms with E-state index in [1.165, 1.54) is 11.0 Å². The van der Waals surface area contributed by atoms with Gasteiger partial charge in [-0.15, -0.1) is 6.54 Å². The fourth-order valence-corrected chi connectivity index (χ4v) is 2.56. The van der Waals surface area contributed by atoms with E-state index in [0.29, 0.717) is 44.2 Å². The van der Waals surface area contributed by atoms with Gasteiger partial charge in [0, 0.05) is 57.2 Å². The minimum Gasteiger partial charge on any atom is -0.674 e. The molecular formula is C14H17AcFN3O3-. The smallest absolute Gasteiger partial charge is 0.414 e. The second-order valence-corrected chi connectivity index (χ2v) is 5.06. The van der Waals surface area contributed by atoms with E-state index >= 15 is 0 Å². The maximum Gasteiger partial charge on any atom is 0.414 e. The average Bonchev–Trinajstić information content (AvgIpc) is 2.89. The molecule has 0 spiro atoms. The molecule has 2 heterocycles. The Morgan fingerprint density at radius 3 is 2.64 bits per heavy atom. The van der Waals surface area contributed by atoms with E-state index in [1.54, 1.807) is 12.1 Å². The number of amides is 1. The third-order valence-corrected chi connectivity index (χ3v) is 3.70. The zero-order valence-electron chi connectivity index (χ0n) is 12.1. The molecule has 0 unspecified atom stereocenters. The number of nitrogens with one attached hydrogen (secondary N) is 1. The molecule has 0 aliphatic carbocycles. The maximum atomic E-state index is 14.3. The summed E-state index contributed by atoms with van der Waals surface area (Å²) in [5.41, 5.74) is 8.24. The quantitative estimate of drug-likeness (QED) is 0.611. The first-order valence-electron chi connectivity index (χ1n) is 6.94. The van der Waals surface area contributed by atoms with Crippen LogP contribution >= 0.6 is 0 Å². The largest absolute Gasteiger partial charge is 0.674 e. The van der Waals surface area contributed by atoms with Crippen LogP contribution in [0.3, 0.4) is 0 Å². The normalized spacial score (nSPS) is 21.5. The zero-order valence-corrected chi connectivity index (χ0v) is 16.9. The Hall–Kier alpha value is -0.418. The van der Waals surface area contributed by atoms with Crippen molar-refractivity contribution in [3.05, 3.63) is 29.7 Å². The molecule has 2 aliphatic heterocycles. The van der Waals surface area contributed by atoms with Gasteiger partial charge in [-0.25, -0.2) is 9.18 Å². The van der Waals surface area contributed by atoms with Gasteiger partial charge in [-0.2, -0.15) is 0 Å². The molecule has 2 saturated heterocycles. The van der Waals surface area contributed by atoms with Crippen molar-refractivity contribution in [2.24, 2.45) is 0 Å². The van der Waals surface area contributed by atoms with E-state index in [0.717, 1.165) is 0 Å². The summed E-state index contributed by atoms with van der Waals surface area (Å²) >= 11 is 0. The number of anilines is 2. The van der Waals surface area contributed by atoms with Gasteiger partial charge in [0.05, 0.1) is 31.1 Å². The third-order valence-electron chi connectivity index (χ3n) is 3.70. The summed E-state index contributed by atoms with van der Waals surface area (Å²) in [6.07, 6.45) is -0.967. The maximum absolute atomic E-state index is 14.3. The number of carbonyl (C=O) groups is 1. The topological polar surface area (TPSA) is 65.8 Å². The first-order valence-corrected chi connectivity index (χ1v) is 6.94. The van der Waals surface area contributed by atoms with Gasteiger partial charge >= 0.3 is 6.09 Å². The minimum atomic E-state index is -0.522. The summed E-state index contributed by atoms with van der Waals surface area (Å²) in [7, 11) is 0. The molecule has 3 rings (SSSR count). The van der Waals surface area contributed by atoms with Crippen LogP contribution in [0.4, 0.5) is 20.6 Å². The van der Waals surface area contributed by atoms with Crippen molar-refractivity contribution in [3.63, 3.8) is 0 Å². The zero-order chi connectivity index (χ0) is 14.8. The number of halogens is 1. The predicted octanol–water partition coefficient (Wildman–Crippen LogP) is 2.04. The summed E-state index contributed by atoms with van der Waals surface area (Å²) in [6.45, 7) is 2.79. The van der Waals surface area contributed by atoms with Crippen LogP contribution < -0.4 is 9.80 Å². The second-order valence-electron chi connectivity index (χ2n) is 5.06. The molecule has 2 aliphatic rings. The Balaban J connectivity index is 0.00000176. The molecule has 0 bridgehead atoms. The molecule has 2 fully saturated rings. The van der Waals surface area contributed by atoms with E-state index in [-0.39, 0.29) is 56.4 Å². The van der Waals surface area contributed by atoms with Gasteiger partial charge in [0.1, 0.15) is 11.9 Å². The molecule has 1 radical (unpaired) electrons. The van der Waals surface area contributed by atoms with Crippen LogP contribution in [-0.4, -0.2) is 51.6 Å². The Labute approximate surface area is 164 Å². The molecule has 117 valence electrons. The first kappa shape index (κ1) is 17.9. The van der Waals surface area contributed by atoms with E-state index in [4.69, 9.17) is 15.2 Å². The number of hydrogen-bond donors (Lipinski definition) is 0. The molecule has 1 N–H and O–H groups in total. The van der Waals surface area contributed by atoms with Crippen molar-refractivity contribution < 1.29 is 62.7 Å². The van der Waals surface area contributed by atoms with Crippen molar-refractivity contribution >= 4 is 17.5 Å². The molecule has 6 nitrogen and oxygen atoms in total. The fourth-order valence-electron chi connectivity index (χ4n) is 2.56. The third kappa shape index (κ3) is 3.73. The second kappa shape index (κ2) is 7.91. The number of carbonyl (C=O) groups excluding carboxylic acids is 1. The molecule has 1 aromatic carbocycles. The number of benzene rings is 1. The van der Waals surface area contributed by atoms with Crippen LogP contribution in [0.5, 0.6) is 0 Å². The standard InChI is InChI=1S/C14H17FN3O3.Ac/c15-12-7-10(18-9-11(8-16)21-14(18)19)1-2-13(12)17-3-5-20-6-4-17;/h1-2,7,11,16H,3-6,8-9H2;/q-1;/t11-;/m0./s1. The van der Waals surface area contributed by atoms with Crippen molar-refractivity contribution in [1.82, 2.24) is 0 Å². The van der Waals surface area contributed by atoms with E-state index in [1.807, 2.05) is 4.90 Å². The molecule has 0 saturated carbocycles. The number of nitrogens with zero attached hydrogens (tertiary/aromatic N) is 2. The molecule has 8 heteroatoms. The average molecular weight is 521 g/mol. The summed E-state index contributed by atoms with van der Waals surface area (Å²) < 4.78 is 24.6. The molecule has 22 heavy (non-hydrogen) atoms. The Morgan fingerprint density at radius 1 is 1.32 bits per heavy atom. The van der Waals surface area contributed by atoms with Gasteiger partial charge in [-0.3, -0.25) is 4.90 Å². The van der Waals surface area contributed by atoms with Gasteiger partial charge in [-0.05, 0) is 18.2 Å². The Bertz CT molecular complexity index is 540. The Kier molecular flexibility index (Phi) is 6.45. The molecule has 1 atom stereocenters. The molecule has 1 aromatic rings. The van der Waals surface area contributed by atoms with Gasteiger partial charge in [-0.1, -0.05) is 0 Å². The number of cyclic esters (lactones) is 1. The molecule has 1 amide bonds. The van der Waals surface area contributed by atoms with Crippen LogP contribution in [0, 0.1) is 49.9 Å². The van der Waals surface area contributed by atoms with Gasteiger partial charge in [0.15, 0.2) is 0 Å². The van der Waals surface area contributed by atoms with Crippen LogP contribution in [0.1, 0.15) is 0 Å². The Morgan fingerprint density at radius 2 is 2.05 bits per heavy atom. The van der Waals surface area contributed by atoms with E-state index in [2.05, 4.69) is 0 Å². The van der Waals surface area contributed by atoms with Crippen LogP contribution in [0.2, 0.25) is 0 Å². The summed E-state index contributed by atoms with van der Waals surface area (Å²) in [6, 6.07) is 4.73. The minimum absolute atomic E-state index is 0. The van der Waals surface area contributed by atoms with Crippen molar-refractivity contribution in [1.29, 1.82) is 0 Å². The van der Waals surface area contributed by atoms with E-state index in [9.17, 15) is 9.18 Å². The number of ether oxygens (including phenoxy) is 2.